The monoisotopic (exact) mass is 492 g/mol. The van der Waals surface area contributed by atoms with Crippen molar-refractivity contribution in [1.82, 2.24) is 0 Å². The van der Waals surface area contributed by atoms with Crippen LogP contribution in [0.5, 0.6) is 0 Å². The molecule has 0 bridgehead atoms. The molecular formula is C26H55NO5P+. The Morgan fingerprint density at radius 1 is 0.818 bits per heavy atom. The van der Waals surface area contributed by atoms with Crippen molar-refractivity contribution in [3.05, 3.63) is 11.9 Å². The lowest BCUT2D eigenvalue weighted by molar-refractivity contribution is -0.870. The highest BCUT2D eigenvalue weighted by atomic mass is 31.2. The van der Waals surface area contributed by atoms with Crippen LogP contribution in [0.1, 0.15) is 96.8 Å². The van der Waals surface area contributed by atoms with Gasteiger partial charge in [-0.1, -0.05) is 90.4 Å². The molecule has 0 aromatic heterocycles. The third-order valence-corrected chi connectivity index (χ3v) is 6.86. The molecule has 0 saturated carbocycles. The zero-order chi connectivity index (χ0) is 24.8. The van der Waals surface area contributed by atoms with E-state index in [9.17, 15) is 9.46 Å². The van der Waals surface area contributed by atoms with Crippen molar-refractivity contribution in [3.8, 4) is 0 Å². The normalized spacial score (nSPS) is 15.2. The highest BCUT2D eigenvalue weighted by Crippen LogP contribution is 2.43. The molecule has 0 aromatic rings. The average molecular weight is 493 g/mol. The van der Waals surface area contributed by atoms with Crippen LogP contribution in [0.2, 0.25) is 0 Å². The fourth-order valence-electron chi connectivity index (χ4n) is 3.49. The minimum atomic E-state index is -3.75. The van der Waals surface area contributed by atoms with E-state index in [2.05, 4.69) is 6.92 Å². The fourth-order valence-corrected chi connectivity index (χ4v) is 4.33. The number of methoxy groups -OCH3 is 1. The third kappa shape index (κ3) is 24.7. The van der Waals surface area contributed by atoms with Crippen molar-refractivity contribution in [2.75, 3.05) is 54.6 Å². The minimum absolute atomic E-state index is 0.231. The summed E-state index contributed by atoms with van der Waals surface area (Å²) in [6.07, 6.45) is 20.0. The molecule has 0 rings (SSSR count). The van der Waals surface area contributed by atoms with Gasteiger partial charge in [-0.15, -0.1) is 0 Å². The molecule has 33 heavy (non-hydrogen) atoms. The number of ether oxygens (including phenoxy) is 2. The second-order valence-corrected chi connectivity index (χ2v) is 11.9. The van der Waals surface area contributed by atoms with Gasteiger partial charge in [0.15, 0.2) is 0 Å². The molecule has 198 valence electrons. The Labute approximate surface area is 205 Å². The van der Waals surface area contributed by atoms with Gasteiger partial charge in [-0.2, -0.15) is 0 Å². The maximum atomic E-state index is 12.1. The first-order valence-corrected chi connectivity index (χ1v) is 14.9. The number of likely N-dealkylation sites (N-methyl/N-ethyl adjacent to an activating group) is 1. The molecule has 0 amide bonds. The molecule has 6 nitrogen and oxygen atoms in total. The van der Waals surface area contributed by atoms with Crippen LogP contribution in [-0.4, -0.2) is 70.1 Å². The van der Waals surface area contributed by atoms with Gasteiger partial charge in [0.05, 0.1) is 33.9 Å². The molecular weight excluding hydrogens is 437 g/mol. The van der Waals surface area contributed by atoms with E-state index < -0.39 is 7.60 Å². The summed E-state index contributed by atoms with van der Waals surface area (Å²) in [6, 6.07) is 0. The highest BCUT2D eigenvalue weighted by Gasteiger charge is 2.18. The first kappa shape index (κ1) is 32.8. The lowest BCUT2D eigenvalue weighted by Gasteiger charge is -2.23. The van der Waals surface area contributed by atoms with Gasteiger partial charge in [0.1, 0.15) is 13.2 Å². The van der Waals surface area contributed by atoms with E-state index in [4.69, 9.17) is 14.0 Å². The largest absolute Gasteiger partial charge is 0.378 e. The summed E-state index contributed by atoms with van der Waals surface area (Å²) in [6.45, 7) is 4.24. The Hall–Kier alpha value is -0.230. The summed E-state index contributed by atoms with van der Waals surface area (Å²) < 4.78 is 28.9. The number of hydrogen-bond donors (Lipinski definition) is 1. The van der Waals surface area contributed by atoms with Crippen molar-refractivity contribution in [2.45, 2.75) is 103 Å². The molecule has 0 aromatic carbocycles. The quantitative estimate of drug-likeness (QED) is 0.0900. The predicted molar refractivity (Wildman–Crippen MR) is 140 cm³/mol. The van der Waals surface area contributed by atoms with Gasteiger partial charge >= 0.3 is 7.60 Å². The zero-order valence-corrected chi connectivity index (χ0v) is 23.3. The van der Waals surface area contributed by atoms with Gasteiger partial charge in [-0.25, -0.2) is 0 Å². The Morgan fingerprint density at radius 2 is 1.30 bits per heavy atom. The van der Waals surface area contributed by atoms with Gasteiger partial charge < -0.3 is 18.9 Å². The summed E-state index contributed by atoms with van der Waals surface area (Å²) in [5, 5.41) is 0. The first-order valence-electron chi connectivity index (χ1n) is 13.3. The fraction of sp³-hybridized carbons (Fsp3) is 0.923. The SMILES string of the molecule is CCCCCCCCCCCCCCCCOC[C@@H](/C=C/P(=O)(O)OCC[N+](C)(C)C)OC. The maximum Gasteiger partial charge on any atom is 0.351 e. The second kappa shape index (κ2) is 21.1. The van der Waals surface area contributed by atoms with Crippen molar-refractivity contribution in [2.24, 2.45) is 0 Å². The summed E-state index contributed by atoms with van der Waals surface area (Å²) in [4.78, 5) is 9.91. The Balaban J connectivity index is 3.62. The van der Waals surface area contributed by atoms with Crippen LogP contribution in [0.3, 0.4) is 0 Å². The average Bonchev–Trinajstić information content (AvgIpc) is 2.74. The van der Waals surface area contributed by atoms with Gasteiger partial charge in [-0.3, -0.25) is 9.09 Å². The molecule has 0 heterocycles. The molecule has 0 radical (unpaired) electrons. The number of hydrogen-bond acceptors (Lipinski definition) is 4. The standard InChI is InChI=1S/C26H54NO5P/c1-6-7-8-9-10-11-12-13-14-15-16-17-18-19-22-31-25-26(30-5)20-24-33(28,29)32-23-21-27(2,3)4/h20,24,26H,6-19,21-23,25H2,1-5H3/p+1/b24-20+/t26-/m1/s1. The third-order valence-electron chi connectivity index (χ3n) is 5.75. The van der Waals surface area contributed by atoms with E-state index in [-0.39, 0.29) is 12.7 Å². The van der Waals surface area contributed by atoms with E-state index in [1.165, 1.54) is 89.3 Å². The molecule has 2 atom stereocenters. The van der Waals surface area contributed by atoms with Crippen LogP contribution in [0.25, 0.3) is 0 Å². The predicted octanol–water partition coefficient (Wildman–Crippen LogP) is 6.92. The summed E-state index contributed by atoms with van der Waals surface area (Å²) in [5.41, 5.74) is 0. The smallest absolute Gasteiger partial charge is 0.351 e. The van der Waals surface area contributed by atoms with Crippen LogP contribution in [-0.2, 0) is 18.6 Å². The number of nitrogens with zero attached hydrogens (tertiary/aromatic N) is 1. The van der Waals surface area contributed by atoms with Crippen LogP contribution in [0.4, 0.5) is 0 Å². The molecule has 0 aliphatic rings. The van der Waals surface area contributed by atoms with E-state index in [0.717, 1.165) is 6.42 Å². The van der Waals surface area contributed by atoms with Gasteiger partial charge in [-0.05, 0) is 12.5 Å². The van der Waals surface area contributed by atoms with Crippen molar-refractivity contribution in [3.63, 3.8) is 0 Å². The topological polar surface area (TPSA) is 65.0 Å². The number of quaternary nitrogens is 1. The van der Waals surface area contributed by atoms with E-state index in [1.54, 1.807) is 13.2 Å². The van der Waals surface area contributed by atoms with Gasteiger partial charge in [0.25, 0.3) is 0 Å². The molecule has 0 aliphatic carbocycles. The molecule has 0 saturated heterocycles. The molecule has 0 aliphatic heterocycles. The highest BCUT2D eigenvalue weighted by molar-refractivity contribution is 7.56. The van der Waals surface area contributed by atoms with Crippen LogP contribution >= 0.6 is 7.60 Å². The lowest BCUT2D eigenvalue weighted by atomic mass is 10.0. The second-order valence-electron chi connectivity index (χ2n) is 10.2. The molecule has 1 unspecified atom stereocenters. The van der Waals surface area contributed by atoms with Crippen LogP contribution in [0.15, 0.2) is 11.9 Å². The van der Waals surface area contributed by atoms with Crippen LogP contribution < -0.4 is 0 Å². The Morgan fingerprint density at radius 3 is 1.76 bits per heavy atom. The lowest BCUT2D eigenvalue weighted by Crippen LogP contribution is -2.37. The van der Waals surface area contributed by atoms with Gasteiger partial charge in [0.2, 0.25) is 0 Å². The Kier molecular flexibility index (Phi) is 20.9. The molecule has 7 heteroatoms. The number of unbranched alkanes of at least 4 members (excludes halogenated alkanes) is 13. The van der Waals surface area contributed by atoms with Crippen molar-refractivity contribution in [1.29, 1.82) is 0 Å². The summed E-state index contributed by atoms with van der Waals surface area (Å²) in [5.74, 6) is 1.21. The first-order chi connectivity index (χ1) is 15.7. The molecule has 0 spiro atoms. The zero-order valence-electron chi connectivity index (χ0n) is 22.4. The Bertz CT molecular complexity index is 507. The van der Waals surface area contributed by atoms with Gasteiger partial charge in [0, 0.05) is 19.5 Å². The van der Waals surface area contributed by atoms with E-state index in [1.807, 2.05) is 21.1 Å². The molecule has 1 N–H and O–H groups in total. The van der Waals surface area contributed by atoms with E-state index >= 15 is 0 Å². The number of rotatable bonds is 24. The van der Waals surface area contributed by atoms with E-state index in [0.29, 0.717) is 24.2 Å². The van der Waals surface area contributed by atoms with Crippen LogP contribution in [0, 0.1) is 0 Å². The summed E-state index contributed by atoms with van der Waals surface area (Å²) >= 11 is 0. The minimum Gasteiger partial charge on any atom is -0.378 e. The van der Waals surface area contributed by atoms with Crippen molar-refractivity contribution < 1.29 is 27.9 Å². The molecule has 0 fully saturated rings. The summed E-state index contributed by atoms with van der Waals surface area (Å²) in [7, 11) is 3.86. The van der Waals surface area contributed by atoms with Crippen molar-refractivity contribution >= 4 is 7.60 Å². The maximum absolute atomic E-state index is 12.1.